The minimum Gasteiger partial charge on any atom is -0.481 e. The Morgan fingerprint density at radius 2 is 1.16 bits per heavy atom. The molecule has 0 aromatic heterocycles. The fraction of sp³-hybridized carbons (Fsp3) is 0.667. The Morgan fingerprint density at radius 1 is 0.719 bits per heavy atom. The number of carbonyl (C=O) groups excluding carboxylic acids is 2. The molecule has 0 heterocycles. The first-order valence-electron chi connectivity index (χ1n) is 9.62. The van der Waals surface area contributed by atoms with Gasteiger partial charge in [-0.05, 0) is 45.3 Å². The van der Waals surface area contributed by atoms with Crippen LogP contribution < -0.4 is 22.9 Å². The Balaban J connectivity index is -0.000000168. The highest BCUT2D eigenvalue weighted by Crippen LogP contribution is 1.93. The first kappa shape index (κ1) is 36.4. The standard InChI is InChI=1S/C5H9NO4.C5H6O5.C4H12N2.C4H9NO/c2*6-3(5(9)10)1-2-4(7)8;2*5-3-1-2-4-6/h3H,1-2,6H2,(H,7,8)(H,9,10);1-2H2,(H,7,8)(H,9,10);1-6H2;4H,1-3,5H2/t3-;;;/m0.../s1. The molecule has 0 unspecified atom stereocenters. The number of nitrogens with two attached hydrogens (primary N) is 4. The molecule has 0 fully saturated rings. The van der Waals surface area contributed by atoms with Crippen molar-refractivity contribution >= 4 is 35.9 Å². The maximum absolute atomic E-state index is 10.2. The molecule has 1 atom stereocenters. The zero-order valence-electron chi connectivity index (χ0n) is 18.0. The molecule has 0 radical (unpaired) electrons. The summed E-state index contributed by atoms with van der Waals surface area (Å²) in [5.74, 6) is -6.02. The summed E-state index contributed by atoms with van der Waals surface area (Å²) in [5, 5.41) is 32.2. The van der Waals surface area contributed by atoms with Gasteiger partial charge in [0.15, 0.2) is 0 Å². The van der Waals surface area contributed by atoms with E-state index in [4.69, 9.17) is 43.4 Å². The van der Waals surface area contributed by atoms with Gasteiger partial charge in [0.25, 0.3) is 0 Å². The van der Waals surface area contributed by atoms with E-state index in [1.165, 1.54) is 0 Å². The SMILES string of the molecule is NCCCC=O.NCCCCN.N[C@@H](CCC(=O)O)C(=O)O.O=C(O)CCC(=O)C(=O)O. The summed E-state index contributed by atoms with van der Waals surface area (Å²) in [6.45, 7) is 2.17. The monoisotopic (exact) mass is 468 g/mol. The van der Waals surface area contributed by atoms with Gasteiger partial charge in [-0.1, -0.05) is 0 Å². The highest BCUT2D eigenvalue weighted by Gasteiger charge is 2.12. The van der Waals surface area contributed by atoms with Crippen LogP contribution in [0.3, 0.4) is 0 Å². The van der Waals surface area contributed by atoms with Crippen LogP contribution in [0.25, 0.3) is 0 Å². The molecule has 0 spiro atoms. The number of Topliss-reactive ketones (excluding diaryl/α,β-unsaturated/α-hetero) is 1. The summed E-state index contributed by atoms with van der Waals surface area (Å²) in [5.41, 5.74) is 20.4. The highest BCUT2D eigenvalue weighted by atomic mass is 16.4. The van der Waals surface area contributed by atoms with Crippen LogP contribution in [0.4, 0.5) is 0 Å². The Bertz CT molecular complexity index is 540. The lowest BCUT2D eigenvalue weighted by molar-refractivity contribution is -0.150. The lowest BCUT2D eigenvalue weighted by Gasteiger charge is -2.01. The van der Waals surface area contributed by atoms with Crippen molar-refractivity contribution in [2.24, 2.45) is 22.9 Å². The maximum Gasteiger partial charge on any atom is 0.372 e. The average molecular weight is 469 g/mol. The Morgan fingerprint density at radius 3 is 1.41 bits per heavy atom. The van der Waals surface area contributed by atoms with Crippen molar-refractivity contribution in [3.8, 4) is 0 Å². The van der Waals surface area contributed by atoms with Gasteiger partial charge in [-0.15, -0.1) is 0 Å². The zero-order valence-corrected chi connectivity index (χ0v) is 18.0. The van der Waals surface area contributed by atoms with E-state index in [0.717, 1.165) is 38.6 Å². The minimum atomic E-state index is -1.58. The fourth-order valence-corrected chi connectivity index (χ4v) is 1.22. The third-order valence-electron chi connectivity index (χ3n) is 2.98. The van der Waals surface area contributed by atoms with Crippen molar-refractivity contribution < 1.29 is 49.2 Å². The molecule has 0 saturated heterocycles. The van der Waals surface area contributed by atoms with E-state index in [2.05, 4.69) is 0 Å². The first-order valence-corrected chi connectivity index (χ1v) is 9.62. The number of hydrogen-bond donors (Lipinski definition) is 8. The predicted octanol–water partition coefficient (Wildman–Crippen LogP) is -1.62. The molecule has 0 aliphatic heterocycles. The van der Waals surface area contributed by atoms with Crippen LogP contribution in [0.2, 0.25) is 0 Å². The number of ketones is 1. The molecule has 14 nitrogen and oxygen atoms in total. The van der Waals surface area contributed by atoms with Crippen molar-refractivity contribution in [3.05, 3.63) is 0 Å². The largest absolute Gasteiger partial charge is 0.481 e. The average Bonchev–Trinajstić information content (AvgIpc) is 2.73. The first-order chi connectivity index (χ1) is 14.9. The lowest BCUT2D eigenvalue weighted by atomic mass is 10.2. The molecule has 12 N–H and O–H groups in total. The molecule has 0 aliphatic carbocycles. The van der Waals surface area contributed by atoms with Crippen LogP contribution in [0.1, 0.15) is 51.4 Å². The van der Waals surface area contributed by atoms with E-state index >= 15 is 0 Å². The van der Waals surface area contributed by atoms with Crippen molar-refractivity contribution in [1.29, 1.82) is 0 Å². The third kappa shape index (κ3) is 41.4. The van der Waals surface area contributed by atoms with Crippen molar-refractivity contribution in [3.63, 3.8) is 0 Å². The van der Waals surface area contributed by atoms with Gasteiger partial charge < -0.3 is 48.2 Å². The van der Waals surface area contributed by atoms with E-state index in [1.807, 2.05) is 0 Å². The van der Waals surface area contributed by atoms with Crippen molar-refractivity contribution in [2.75, 3.05) is 19.6 Å². The molecule has 0 aromatic rings. The Hall–Kier alpha value is -2.94. The second kappa shape index (κ2) is 28.1. The van der Waals surface area contributed by atoms with E-state index in [0.29, 0.717) is 13.0 Å². The minimum absolute atomic E-state index is 0.0231. The molecule has 32 heavy (non-hydrogen) atoms. The van der Waals surface area contributed by atoms with E-state index in [1.54, 1.807) is 0 Å². The smallest absolute Gasteiger partial charge is 0.372 e. The van der Waals surface area contributed by atoms with Gasteiger partial charge in [-0.3, -0.25) is 19.2 Å². The predicted molar refractivity (Wildman–Crippen MR) is 114 cm³/mol. The molecule has 0 bridgehead atoms. The second-order valence-corrected chi connectivity index (χ2v) is 5.88. The van der Waals surface area contributed by atoms with Gasteiger partial charge in [-0.2, -0.15) is 0 Å². The molecular weight excluding hydrogens is 432 g/mol. The van der Waals surface area contributed by atoms with Crippen molar-refractivity contribution in [1.82, 2.24) is 0 Å². The normalized spacial score (nSPS) is 9.88. The Kier molecular flexibility index (Phi) is 31.9. The Labute approximate surface area is 185 Å². The number of aldehydes is 1. The van der Waals surface area contributed by atoms with Gasteiger partial charge in [0.05, 0.1) is 6.42 Å². The van der Waals surface area contributed by atoms with Gasteiger partial charge in [0, 0.05) is 19.3 Å². The zero-order chi connectivity index (χ0) is 25.9. The van der Waals surface area contributed by atoms with Gasteiger partial charge in [0.1, 0.15) is 12.3 Å². The molecule has 188 valence electrons. The topological polar surface area (TPSA) is 287 Å². The van der Waals surface area contributed by atoms with Crippen molar-refractivity contribution in [2.45, 2.75) is 57.4 Å². The molecule has 0 aliphatic rings. The van der Waals surface area contributed by atoms with Crippen LogP contribution in [-0.4, -0.2) is 82.0 Å². The number of carbonyl (C=O) groups is 6. The number of carboxylic acid groups (broad SMARTS) is 4. The number of rotatable bonds is 14. The molecule has 0 aromatic carbocycles. The van der Waals surface area contributed by atoms with Crippen LogP contribution in [0.15, 0.2) is 0 Å². The highest BCUT2D eigenvalue weighted by molar-refractivity contribution is 6.32. The third-order valence-corrected chi connectivity index (χ3v) is 2.98. The number of carboxylic acids is 4. The summed E-state index contributed by atoms with van der Waals surface area (Å²) < 4.78 is 0. The van der Waals surface area contributed by atoms with Crippen LogP contribution in [0.5, 0.6) is 0 Å². The number of aliphatic carboxylic acids is 4. The summed E-state index contributed by atoms with van der Waals surface area (Å²) in [4.78, 5) is 59.1. The summed E-state index contributed by atoms with van der Waals surface area (Å²) in [6, 6.07) is -1.06. The quantitative estimate of drug-likeness (QED) is 0.0807. The summed E-state index contributed by atoms with van der Waals surface area (Å²) in [6.07, 6.45) is 3.35. The lowest BCUT2D eigenvalue weighted by Crippen LogP contribution is -2.30. The van der Waals surface area contributed by atoms with Gasteiger partial charge in [0.2, 0.25) is 5.78 Å². The second-order valence-electron chi connectivity index (χ2n) is 5.88. The van der Waals surface area contributed by atoms with E-state index < -0.39 is 48.5 Å². The maximum atomic E-state index is 10.2. The molecule has 0 rings (SSSR count). The molecule has 0 saturated carbocycles. The van der Waals surface area contributed by atoms with E-state index in [9.17, 15) is 28.8 Å². The van der Waals surface area contributed by atoms with Crippen LogP contribution in [0, 0.1) is 0 Å². The number of hydrogen-bond acceptors (Lipinski definition) is 10. The van der Waals surface area contributed by atoms with Gasteiger partial charge in [-0.25, -0.2) is 4.79 Å². The van der Waals surface area contributed by atoms with Crippen LogP contribution >= 0.6 is 0 Å². The molecule has 0 amide bonds. The number of unbranched alkanes of at least 4 members (excludes halogenated alkanes) is 2. The van der Waals surface area contributed by atoms with E-state index in [-0.39, 0.29) is 12.8 Å². The van der Waals surface area contributed by atoms with Crippen LogP contribution in [-0.2, 0) is 28.8 Å². The molecular formula is C18H36N4O10. The molecule has 14 heteroatoms. The summed E-state index contributed by atoms with van der Waals surface area (Å²) in [7, 11) is 0. The fourth-order valence-electron chi connectivity index (χ4n) is 1.22. The van der Waals surface area contributed by atoms with Gasteiger partial charge >= 0.3 is 23.9 Å². The summed E-state index contributed by atoms with van der Waals surface area (Å²) >= 11 is 0.